The summed E-state index contributed by atoms with van der Waals surface area (Å²) >= 11 is 0. The molecular formula is C29H29FN4O2. The van der Waals surface area contributed by atoms with Gasteiger partial charge in [-0.05, 0) is 74.1 Å². The van der Waals surface area contributed by atoms with Crippen LogP contribution in [-0.2, 0) is 16.6 Å². The summed E-state index contributed by atoms with van der Waals surface area (Å²) < 4.78 is 17.7. The number of benzene rings is 2. The number of likely N-dealkylation sites (tertiary alicyclic amines) is 1. The quantitative estimate of drug-likeness (QED) is 0.543. The predicted octanol–water partition coefficient (Wildman–Crippen LogP) is 4.28. The van der Waals surface area contributed by atoms with Crippen molar-refractivity contribution < 1.29 is 14.0 Å². The molecular weight excluding hydrogens is 455 g/mol. The van der Waals surface area contributed by atoms with Crippen molar-refractivity contribution in [1.29, 1.82) is 0 Å². The summed E-state index contributed by atoms with van der Waals surface area (Å²) in [7, 11) is 2.04. The van der Waals surface area contributed by atoms with E-state index >= 15 is 4.39 Å². The van der Waals surface area contributed by atoms with E-state index in [-0.39, 0.29) is 29.5 Å². The molecule has 184 valence electrons. The van der Waals surface area contributed by atoms with Gasteiger partial charge in [0.25, 0.3) is 5.91 Å². The summed E-state index contributed by atoms with van der Waals surface area (Å²) in [5, 5.41) is 1.12. The van der Waals surface area contributed by atoms with Crippen molar-refractivity contribution in [3.05, 3.63) is 59.5 Å². The Morgan fingerprint density at radius 2 is 1.81 bits per heavy atom. The largest absolute Gasteiger partial charge is 0.348 e. The van der Waals surface area contributed by atoms with E-state index in [0.717, 1.165) is 47.7 Å². The fourth-order valence-electron chi connectivity index (χ4n) is 5.73. The molecule has 2 amide bonds. The van der Waals surface area contributed by atoms with Crippen molar-refractivity contribution in [3.63, 3.8) is 0 Å². The zero-order chi connectivity index (χ0) is 24.8. The molecule has 0 unspecified atom stereocenters. The minimum atomic E-state index is -0.691. The fraction of sp³-hybridized carbons (Fsp3) is 0.414. The second-order valence-corrected chi connectivity index (χ2v) is 11.1. The first-order valence-electron chi connectivity index (χ1n) is 12.9. The van der Waals surface area contributed by atoms with Crippen LogP contribution in [0.5, 0.6) is 0 Å². The Hall–Kier alpha value is -3.48. The zero-order valence-corrected chi connectivity index (χ0v) is 20.6. The molecule has 0 bridgehead atoms. The number of carbonyl (C=O) groups excluding carboxylic acids is 2. The number of nitrogens with zero attached hydrogens (tertiary/aromatic N) is 4. The molecule has 6 nitrogen and oxygen atoms in total. The van der Waals surface area contributed by atoms with Gasteiger partial charge in [0.15, 0.2) is 0 Å². The maximum absolute atomic E-state index is 15.6. The van der Waals surface area contributed by atoms with E-state index in [1.165, 1.54) is 5.69 Å². The third-order valence-corrected chi connectivity index (χ3v) is 8.40. The Labute approximate surface area is 209 Å². The highest BCUT2D eigenvalue weighted by molar-refractivity contribution is 6.16. The number of carbonyl (C=O) groups is 2. The first-order chi connectivity index (χ1) is 17.3. The lowest BCUT2D eigenvalue weighted by molar-refractivity contribution is -0.139. The molecule has 7 rings (SSSR count). The van der Waals surface area contributed by atoms with Gasteiger partial charge in [0.1, 0.15) is 17.2 Å². The van der Waals surface area contributed by atoms with Gasteiger partial charge in [0.05, 0.1) is 5.56 Å². The highest BCUT2D eigenvalue weighted by Crippen LogP contribution is 2.46. The summed E-state index contributed by atoms with van der Waals surface area (Å²) in [5.74, 6) is 0.729. The van der Waals surface area contributed by atoms with Crippen molar-refractivity contribution in [3.8, 4) is 11.1 Å². The lowest BCUT2D eigenvalue weighted by Gasteiger charge is -2.41. The molecule has 0 radical (unpaired) electrons. The van der Waals surface area contributed by atoms with Gasteiger partial charge in [0, 0.05) is 55.1 Å². The molecule has 0 N–H and O–H groups in total. The van der Waals surface area contributed by atoms with Crippen LogP contribution in [-0.4, -0.2) is 57.2 Å². The highest BCUT2D eigenvalue weighted by atomic mass is 19.1. The normalized spacial score (nSPS) is 20.9. The molecule has 4 aliphatic rings. The first kappa shape index (κ1) is 21.8. The summed E-state index contributed by atoms with van der Waals surface area (Å²) in [6, 6.07) is 13.5. The van der Waals surface area contributed by atoms with Gasteiger partial charge in [-0.2, -0.15) is 0 Å². The monoisotopic (exact) mass is 484 g/mol. The number of amidine groups is 1. The van der Waals surface area contributed by atoms with Crippen LogP contribution in [0.1, 0.15) is 36.9 Å². The molecule has 3 aromatic rings. The molecule has 2 aliphatic heterocycles. The Bertz CT molecular complexity index is 1470. The molecule has 2 saturated carbocycles. The van der Waals surface area contributed by atoms with E-state index in [1.807, 2.05) is 24.1 Å². The molecule has 1 aromatic heterocycles. The average Bonchev–Trinajstić information content (AvgIpc) is 3.75. The first-order valence-corrected chi connectivity index (χ1v) is 12.9. The molecule has 1 saturated heterocycles. The minimum Gasteiger partial charge on any atom is -0.348 e. The van der Waals surface area contributed by atoms with Crippen molar-refractivity contribution in [2.24, 2.45) is 23.9 Å². The number of amides is 2. The smallest absolute Gasteiger partial charge is 0.256 e. The Kier molecular flexibility index (Phi) is 4.54. The number of aryl methyl sites for hydroxylation is 2. The minimum absolute atomic E-state index is 0.0159. The SMILES string of the molecule is Cc1cc2cc(-c3ccc(C4=NC5(CC5)C(=O)N4CC4CN(C(=O)C5CC5)C4)c(F)c3)ccc2n1C. The Morgan fingerprint density at radius 3 is 2.50 bits per heavy atom. The Balaban J connectivity index is 1.15. The van der Waals surface area contributed by atoms with Gasteiger partial charge < -0.3 is 9.47 Å². The standard InChI is InChI=1S/C29H29FN4O2/c1-17-11-22-12-20(6-8-25(22)32(17)2)21-5-7-23(24(30)13-21)26-31-29(9-10-29)28(36)34(26)16-18-14-33(15-18)27(35)19-3-4-19/h5-8,11-13,18-19H,3-4,9-10,14-16H2,1-2H3. The van der Waals surface area contributed by atoms with Crippen molar-refractivity contribution in [2.45, 2.75) is 38.1 Å². The topological polar surface area (TPSA) is 57.9 Å². The molecule has 1 spiro atoms. The third kappa shape index (κ3) is 3.32. The fourth-order valence-corrected chi connectivity index (χ4v) is 5.73. The van der Waals surface area contributed by atoms with Gasteiger partial charge >= 0.3 is 0 Å². The predicted molar refractivity (Wildman–Crippen MR) is 136 cm³/mol. The lowest BCUT2D eigenvalue weighted by atomic mass is 9.97. The van der Waals surface area contributed by atoms with Crippen molar-refractivity contribution in [1.82, 2.24) is 14.4 Å². The highest BCUT2D eigenvalue weighted by Gasteiger charge is 2.58. The van der Waals surface area contributed by atoms with Crippen LogP contribution in [0.4, 0.5) is 4.39 Å². The molecule has 36 heavy (non-hydrogen) atoms. The van der Waals surface area contributed by atoms with Crippen LogP contribution in [0.3, 0.4) is 0 Å². The number of aliphatic imine (C=N–C) groups is 1. The maximum Gasteiger partial charge on any atom is 0.256 e. The molecule has 3 fully saturated rings. The molecule has 3 heterocycles. The van der Waals surface area contributed by atoms with E-state index in [4.69, 9.17) is 4.99 Å². The van der Waals surface area contributed by atoms with Crippen LogP contribution in [0, 0.1) is 24.6 Å². The van der Waals surface area contributed by atoms with Crippen LogP contribution in [0.25, 0.3) is 22.0 Å². The van der Waals surface area contributed by atoms with E-state index in [1.54, 1.807) is 17.0 Å². The zero-order valence-electron chi connectivity index (χ0n) is 20.6. The number of aromatic nitrogens is 1. The summed E-state index contributed by atoms with van der Waals surface area (Å²) in [4.78, 5) is 33.9. The van der Waals surface area contributed by atoms with Gasteiger partial charge in [-0.3, -0.25) is 19.5 Å². The van der Waals surface area contributed by atoms with Crippen molar-refractivity contribution >= 4 is 28.6 Å². The molecule has 7 heteroatoms. The molecule has 2 aromatic carbocycles. The van der Waals surface area contributed by atoms with Gasteiger partial charge in [-0.25, -0.2) is 4.39 Å². The van der Waals surface area contributed by atoms with Crippen LogP contribution in [0.15, 0.2) is 47.5 Å². The van der Waals surface area contributed by atoms with Crippen LogP contribution >= 0.6 is 0 Å². The van der Waals surface area contributed by atoms with Gasteiger partial charge in [-0.15, -0.1) is 0 Å². The number of halogens is 1. The Morgan fingerprint density at radius 1 is 1.08 bits per heavy atom. The number of hydrogen-bond acceptors (Lipinski definition) is 3. The summed E-state index contributed by atoms with van der Waals surface area (Å²) in [6.45, 7) is 3.89. The number of hydrogen-bond donors (Lipinski definition) is 0. The van der Waals surface area contributed by atoms with Gasteiger partial charge in [0.2, 0.25) is 5.91 Å². The molecule has 0 atom stereocenters. The van der Waals surface area contributed by atoms with Gasteiger partial charge in [-0.1, -0.05) is 12.1 Å². The summed E-state index contributed by atoms with van der Waals surface area (Å²) in [5.41, 5.74) is 3.75. The number of rotatable bonds is 5. The number of fused-ring (bicyclic) bond motifs is 1. The summed E-state index contributed by atoms with van der Waals surface area (Å²) in [6.07, 6.45) is 3.44. The lowest BCUT2D eigenvalue weighted by Crippen LogP contribution is -2.55. The van der Waals surface area contributed by atoms with Crippen LogP contribution < -0.4 is 0 Å². The van der Waals surface area contributed by atoms with E-state index in [0.29, 0.717) is 31.0 Å². The average molecular weight is 485 g/mol. The molecule has 2 aliphatic carbocycles. The second kappa shape index (κ2) is 7.51. The second-order valence-electron chi connectivity index (χ2n) is 11.1. The van der Waals surface area contributed by atoms with E-state index < -0.39 is 5.54 Å². The van der Waals surface area contributed by atoms with Crippen molar-refractivity contribution in [2.75, 3.05) is 19.6 Å². The third-order valence-electron chi connectivity index (χ3n) is 8.40. The van der Waals surface area contributed by atoms with E-state index in [2.05, 4.69) is 29.7 Å². The maximum atomic E-state index is 15.6. The van der Waals surface area contributed by atoms with Crippen LogP contribution in [0.2, 0.25) is 0 Å². The van der Waals surface area contributed by atoms with E-state index in [9.17, 15) is 9.59 Å².